The number of benzene rings is 1. The SMILES string of the molecule is CS(=O)(=O)c1cccc(C[C@H]([NH3+])C(=O)O)c1.[CH3-]. The third kappa shape index (κ3) is 4.54. The van der Waals surface area contributed by atoms with E-state index in [-0.39, 0.29) is 18.7 Å². The molecule has 0 unspecified atom stereocenters. The average molecular weight is 259 g/mol. The topological polar surface area (TPSA) is 99.1 Å². The van der Waals surface area contributed by atoms with Gasteiger partial charge in [-0.3, -0.25) is 0 Å². The quantitative estimate of drug-likeness (QED) is 0.730. The predicted octanol–water partition coefficient (Wildman–Crippen LogP) is -0.222. The lowest BCUT2D eigenvalue weighted by Gasteiger charge is -2.05. The van der Waals surface area contributed by atoms with Crippen molar-refractivity contribution < 1.29 is 24.1 Å². The van der Waals surface area contributed by atoms with Crippen molar-refractivity contribution in [1.29, 1.82) is 0 Å². The number of sulfone groups is 1. The van der Waals surface area contributed by atoms with Gasteiger partial charge in [-0.15, -0.1) is 0 Å². The highest BCUT2D eigenvalue weighted by molar-refractivity contribution is 7.90. The van der Waals surface area contributed by atoms with E-state index in [1.807, 2.05) is 0 Å². The Balaban J connectivity index is 0.00000256. The van der Waals surface area contributed by atoms with Crippen LogP contribution in [0.5, 0.6) is 0 Å². The van der Waals surface area contributed by atoms with Crippen LogP contribution >= 0.6 is 0 Å². The van der Waals surface area contributed by atoms with E-state index in [0.717, 1.165) is 6.26 Å². The van der Waals surface area contributed by atoms with Crippen LogP contribution in [0.2, 0.25) is 0 Å². The van der Waals surface area contributed by atoms with Crippen LogP contribution in [0.1, 0.15) is 5.56 Å². The fourth-order valence-corrected chi connectivity index (χ4v) is 1.97. The third-order valence-corrected chi connectivity index (χ3v) is 3.27. The first-order valence-electron chi connectivity index (χ1n) is 4.65. The standard InChI is InChI=1S/C10H13NO4S.CH3/c1-16(14,15)8-4-2-3-7(5-8)6-9(11)10(12)13;/h2-5,9H,6,11H2,1H3,(H,12,13);1H3/q;-1/p+1/t9-;/m0./s1. The Labute approximate surface area is 101 Å². The maximum atomic E-state index is 11.3. The van der Waals surface area contributed by atoms with Gasteiger partial charge < -0.3 is 18.3 Å². The van der Waals surface area contributed by atoms with Crippen LogP contribution in [0, 0.1) is 7.43 Å². The Kier molecular flexibility index (Phi) is 5.31. The van der Waals surface area contributed by atoms with Gasteiger partial charge >= 0.3 is 5.97 Å². The summed E-state index contributed by atoms with van der Waals surface area (Å²) in [7, 11) is -3.25. The Hall–Kier alpha value is -1.40. The molecule has 96 valence electrons. The van der Waals surface area contributed by atoms with Crippen LogP contribution in [0.25, 0.3) is 0 Å². The largest absolute Gasteiger partial charge is 0.477 e. The zero-order valence-corrected chi connectivity index (χ0v) is 10.7. The minimum Gasteiger partial charge on any atom is -0.477 e. The number of carbonyl (C=O) groups is 1. The van der Waals surface area contributed by atoms with E-state index < -0.39 is 21.8 Å². The fourth-order valence-electron chi connectivity index (χ4n) is 1.27. The molecule has 6 heteroatoms. The molecule has 4 N–H and O–H groups in total. The van der Waals surface area contributed by atoms with Gasteiger partial charge in [-0.25, -0.2) is 13.2 Å². The maximum absolute atomic E-state index is 11.3. The van der Waals surface area contributed by atoms with Gasteiger partial charge in [0.2, 0.25) is 0 Å². The zero-order valence-electron chi connectivity index (χ0n) is 9.88. The van der Waals surface area contributed by atoms with Crippen LogP contribution in [-0.4, -0.2) is 31.8 Å². The molecular weight excluding hydrogens is 242 g/mol. The molecule has 1 atom stereocenters. The molecule has 0 heterocycles. The van der Waals surface area contributed by atoms with Crippen molar-refractivity contribution in [2.24, 2.45) is 0 Å². The van der Waals surface area contributed by atoms with Gasteiger partial charge in [-0.1, -0.05) is 12.1 Å². The summed E-state index contributed by atoms with van der Waals surface area (Å²) in [5, 5.41) is 8.69. The molecule has 0 aromatic heterocycles. The van der Waals surface area contributed by atoms with Crippen molar-refractivity contribution >= 4 is 15.8 Å². The number of rotatable bonds is 4. The normalized spacial score (nSPS) is 12.6. The summed E-state index contributed by atoms with van der Waals surface area (Å²) < 4.78 is 22.5. The van der Waals surface area contributed by atoms with Crippen molar-refractivity contribution in [3.8, 4) is 0 Å². The summed E-state index contributed by atoms with van der Waals surface area (Å²) >= 11 is 0. The second-order valence-corrected chi connectivity index (χ2v) is 5.67. The number of quaternary nitrogens is 1. The summed E-state index contributed by atoms with van der Waals surface area (Å²) in [5.74, 6) is -0.996. The molecular formula is C11H17NO4S. The first-order chi connectivity index (χ1) is 7.30. The number of hydrogen-bond acceptors (Lipinski definition) is 3. The summed E-state index contributed by atoms with van der Waals surface area (Å²) in [6.07, 6.45) is 1.34. The molecule has 17 heavy (non-hydrogen) atoms. The van der Waals surface area contributed by atoms with Gasteiger partial charge in [0.1, 0.15) is 0 Å². The van der Waals surface area contributed by atoms with E-state index in [2.05, 4.69) is 5.73 Å². The van der Waals surface area contributed by atoms with Gasteiger partial charge in [-0.2, -0.15) is 0 Å². The minimum atomic E-state index is -3.25. The molecule has 0 aliphatic carbocycles. The molecule has 0 saturated heterocycles. The monoisotopic (exact) mass is 259 g/mol. The van der Waals surface area contributed by atoms with Crippen LogP contribution in [0.15, 0.2) is 29.2 Å². The van der Waals surface area contributed by atoms with E-state index in [9.17, 15) is 13.2 Å². The van der Waals surface area contributed by atoms with Crippen molar-refractivity contribution in [3.05, 3.63) is 37.3 Å². The summed E-state index contributed by atoms with van der Waals surface area (Å²) in [4.78, 5) is 10.8. The smallest absolute Gasteiger partial charge is 0.362 e. The Morgan fingerprint density at radius 3 is 2.53 bits per heavy atom. The molecule has 1 rings (SSSR count). The lowest BCUT2D eigenvalue weighted by Crippen LogP contribution is -2.65. The molecule has 0 aliphatic heterocycles. The van der Waals surface area contributed by atoms with Gasteiger partial charge in [0.25, 0.3) is 0 Å². The first-order valence-corrected chi connectivity index (χ1v) is 6.54. The lowest BCUT2D eigenvalue weighted by molar-refractivity contribution is -0.407. The number of carboxylic acids is 1. The van der Waals surface area contributed by atoms with Crippen LogP contribution in [-0.2, 0) is 21.1 Å². The minimum absolute atomic E-state index is 0. The Morgan fingerprint density at radius 2 is 2.06 bits per heavy atom. The van der Waals surface area contributed by atoms with Crippen LogP contribution in [0.4, 0.5) is 0 Å². The van der Waals surface area contributed by atoms with Crippen LogP contribution in [0.3, 0.4) is 0 Å². The molecule has 0 spiro atoms. The highest BCUT2D eigenvalue weighted by Gasteiger charge is 2.17. The van der Waals surface area contributed by atoms with Crippen molar-refractivity contribution in [3.63, 3.8) is 0 Å². The molecule has 5 nitrogen and oxygen atoms in total. The van der Waals surface area contributed by atoms with Gasteiger partial charge in [0.05, 0.1) is 4.90 Å². The van der Waals surface area contributed by atoms with Crippen molar-refractivity contribution in [2.75, 3.05) is 6.26 Å². The van der Waals surface area contributed by atoms with Gasteiger partial charge in [0.15, 0.2) is 15.9 Å². The Morgan fingerprint density at radius 1 is 1.47 bits per heavy atom. The summed E-state index contributed by atoms with van der Waals surface area (Å²) in [6.45, 7) is 0. The van der Waals surface area contributed by atoms with Crippen LogP contribution < -0.4 is 5.73 Å². The zero-order chi connectivity index (χ0) is 12.3. The lowest BCUT2D eigenvalue weighted by atomic mass is 10.1. The summed E-state index contributed by atoms with van der Waals surface area (Å²) in [5.41, 5.74) is 4.13. The summed E-state index contributed by atoms with van der Waals surface area (Å²) in [6, 6.07) is 5.49. The molecule has 0 aliphatic rings. The number of aliphatic carboxylic acids is 1. The second-order valence-electron chi connectivity index (χ2n) is 3.66. The molecule has 0 saturated carbocycles. The second kappa shape index (κ2) is 5.79. The first kappa shape index (κ1) is 15.6. The molecule has 1 aromatic rings. The van der Waals surface area contributed by atoms with Crippen molar-refractivity contribution in [2.45, 2.75) is 17.4 Å². The number of hydrogen-bond donors (Lipinski definition) is 2. The Bertz CT molecular complexity index is 496. The predicted molar refractivity (Wildman–Crippen MR) is 64.0 cm³/mol. The molecule has 0 radical (unpaired) electrons. The molecule has 0 amide bonds. The average Bonchev–Trinajstić information content (AvgIpc) is 2.16. The van der Waals surface area contributed by atoms with E-state index in [4.69, 9.17) is 5.11 Å². The van der Waals surface area contributed by atoms with Gasteiger partial charge in [-0.05, 0) is 17.7 Å². The molecule has 1 aromatic carbocycles. The third-order valence-electron chi connectivity index (χ3n) is 2.16. The molecule has 0 bridgehead atoms. The van der Waals surface area contributed by atoms with E-state index in [0.29, 0.717) is 5.56 Å². The molecule has 0 fully saturated rings. The highest BCUT2D eigenvalue weighted by Crippen LogP contribution is 2.12. The number of carboxylic acid groups (broad SMARTS) is 1. The van der Waals surface area contributed by atoms with Crippen molar-refractivity contribution in [1.82, 2.24) is 0 Å². The van der Waals surface area contributed by atoms with E-state index in [1.165, 1.54) is 12.1 Å². The van der Waals surface area contributed by atoms with Gasteiger partial charge in [0, 0.05) is 12.7 Å². The highest BCUT2D eigenvalue weighted by atomic mass is 32.2. The van der Waals surface area contributed by atoms with E-state index >= 15 is 0 Å². The van der Waals surface area contributed by atoms with E-state index in [1.54, 1.807) is 12.1 Å². The fraction of sp³-hybridized carbons (Fsp3) is 0.273. The maximum Gasteiger partial charge on any atom is 0.362 e.